The molecule has 1 aromatic heterocycles. The Hall–Kier alpha value is -1.62. The van der Waals surface area contributed by atoms with Crippen molar-refractivity contribution >= 4 is 5.91 Å². The molecule has 0 aliphatic carbocycles. The Morgan fingerprint density at radius 1 is 0.871 bits per heavy atom. The van der Waals surface area contributed by atoms with Crippen LogP contribution in [0.2, 0.25) is 0 Å². The molecule has 0 aliphatic heterocycles. The van der Waals surface area contributed by atoms with E-state index in [4.69, 9.17) is 5.73 Å². The van der Waals surface area contributed by atoms with Crippen molar-refractivity contribution in [2.45, 2.75) is 39.5 Å². The molecule has 0 aliphatic rings. The number of amides is 1. The van der Waals surface area contributed by atoms with Gasteiger partial charge in [-0.2, -0.15) is 0 Å². The van der Waals surface area contributed by atoms with Crippen LogP contribution in [-0.4, -0.2) is 10.9 Å². The fraction of sp³-hybridized carbons (Fsp3) is 0.240. The monoisotopic (exact) mass is 620 g/mol. The van der Waals surface area contributed by atoms with Gasteiger partial charge in [0.2, 0.25) is 0 Å². The Kier molecular flexibility index (Phi) is 12.4. The number of nitrogens with one attached hydrogen (secondary N) is 1. The van der Waals surface area contributed by atoms with E-state index in [2.05, 4.69) is 44.8 Å². The molecular formula is C25H26Cl2HfN2O. The number of halogens is 2. The van der Waals surface area contributed by atoms with Crippen molar-refractivity contribution in [3.8, 4) is 11.3 Å². The van der Waals surface area contributed by atoms with Crippen LogP contribution in [0.5, 0.6) is 0 Å². The Morgan fingerprint density at radius 3 is 1.94 bits per heavy atom. The molecule has 6 heteroatoms. The summed E-state index contributed by atoms with van der Waals surface area (Å²) in [7, 11) is 0. The number of carbonyl (C=O) groups is 1. The predicted octanol–water partition coefficient (Wildman–Crippen LogP) is 0.551. The molecule has 0 spiro atoms. The van der Waals surface area contributed by atoms with Gasteiger partial charge in [0, 0.05) is 12.1 Å². The molecule has 3 aromatic rings. The van der Waals surface area contributed by atoms with Gasteiger partial charge in [-0.1, -0.05) is 70.0 Å². The van der Waals surface area contributed by atoms with Crippen molar-refractivity contribution < 1.29 is 55.5 Å². The maximum Gasteiger partial charge on any atom is 4.00 e. The second-order valence-electron chi connectivity index (χ2n) is 7.62. The van der Waals surface area contributed by atoms with Crippen molar-refractivity contribution in [3.63, 3.8) is 0 Å². The second kappa shape index (κ2) is 13.0. The van der Waals surface area contributed by atoms with Crippen LogP contribution in [0.25, 0.3) is 17.0 Å². The first-order valence-corrected chi connectivity index (χ1v) is 9.68. The minimum Gasteiger partial charge on any atom is -1.00 e. The molecule has 0 atom stereocenters. The van der Waals surface area contributed by atoms with Crippen molar-refractivity contribution in [3.05, 3.63) is 101 Å². The Bertz CT molecular complexity index is 952. The molecule has 160 valence electrons. The third kappa shape index (κ3) is 6.68. The van der Waals surface area contributed by atoms with Gasteiger partial charge in [0.25, 0.3) is 0 Å². The third-order valence-corrected chi connectivity index (χ3v) is 4.96. The van der Waals surface area contributed by atoms with Crippen LogP contribution in [0.1, 0.15) is 61.8 Å². The Morgan fingerprint density at radius 2 is 1.45 bits per heavy atom. The fourth-order valence-corrected chi connectivity index (χ4v) is 3.60. The van der Waals surface area contributed by atoms with Crippen LogP contribution < -0.4 is 24.8 Å². The van der Waals surface area contributed by atoms with E-state index >= 15 is 0 Å². The molecule has 0 unspecified atom stereocenters. The van der Waals surface area contributed by atoms with Gasteiger partial charge in [-0.15, -0.1) is 34.4 Å². The van der Waals surface area contributed by atoms with Crippen LogP contribution in [-0.2, 0) is 30.6 Å². The van der Waals surface area contributed by atoms with Crippen LogP contribution in [0.4, 0.5) is 0 Å². The largest absolute Gasteiger partial charge is 4.00 e. The van der Waals surface area contributed by atoms with E-state index in [-0.39, 0.29) is 62.5 Å². The first-order valence-electron chi connectivity index (χ1n) is 9.68. The number of hydrogen-bond donors (Lipinski definition) is 0. The van der Waals surface area contributed by atoms with E-state index in [0.717, 1.165) is 33.5 Å². The summed E-state index contributed by atoms with van der Waals surface area (Å²) in [5.41, 5.74) is 13.7. The molecule has 3 nitrogen and oxygen atoms in total. The van der Waals surface area contributed by atoms with Gasteiger partial charge >= 0.3 is 25.8 Å². The van der Waals surface area contributed by atoms with E-state index in [1.807, 2.05) is 48.5 Å². The number of benzene rings is 2. The molecule has 1 N–H and O–H groups in total. The Balaban J connectivity index is 0.00000300. The summed E-state index contributed by atoms with van der Waals surface area (Å²) in [6.45, 7) is 8.50. The fourth-order valence-electron chi connectivity index (χ4n) is 3.60. The van der Waals surface area contributed by atoms with Crippen LogP contribution >= 0.6 is 0 Å². The van der Waals surface area contributed by atoms with Gasteiger partial charge in [0.1, 0.15) is 0 Å². The summed E-state index contributed by atoms with van der Waals surface area (Å²) in [6, 6.07) is 19.7. The number of rotatable bonds is 6. The van der Waals surface area contributed by atoms with E-state index in [0.29, 0.717) is 5.92 Å². The third-order valence-electron chi connectivity index (χ3n) is 4.96. The number of carbonyl (C=O) groups excluding carboxylic acids is 1. The molecule has 31 heavy (non-hydrogen) atoms. The van der Waals surface area contributed by atoms with Gasteiger partial charge in [-0.05, 0) is 29.5 Å². The molecule has 0 bridgehead atoms. The normalized spacial score (nSPS) is 10.0. The van der Waals surface area contributed by atoms with Crippen LogP contribution in [0.3, 0.4) is 0 Å². The molecule has 0 saturated heterocycles. The molecule has 3 rings (SSSR count). The topological polar surface area (TPSA) is 53.8 Å². The molecule has 0 fully saturated rings. The average molecular weight is 620 g/mol. The quantitative estimate of drug-likeness (QED) is 0.299. The molecule has 1 heterocycles. The number of nitrogens with zero attached hydrogens (tertiary/aromatic N) is 1. The molecule has 2 aromatic carbocycles. The zero-order valence-electron chi connectivity index (χ0n) is 18.1. The van der Waals surface area contributed by atoms with E-state index in [1.54, 1.807) is 6.20 Å². The smallest absolute Gasteiger partial charge is 1.00 e. The summed E-state index contributed by atoms with van der Waals surface area (Å²) in [5, 5.41) is 0. The first kappa shape index (κ1) is 29.4. The maximum atomic E-state index is 12.6. The maximum absolute atomic E-state index is 12.6. The second-order valence-corrected chi connectivity index (χ2v) is 7.62. The van der Waals surface area contributed by atoms with E-state index < -0.39 is 5.91 Å². The SMILES string of the molecule is CC(C)c1cccc(C(C)C)c1[C-](C([NH-])=O)c1cccc(-c2ccccn2)c1.[Cl-].[Cl-].[Hf+4]. The van der Waals surface area contributed by atoms with Crippen molar-refractivity contribution in [2.24, 2.45) is 0 Å². The summed E-state index contributed by atoms with van der Waals surface area (Å²) in [5.74, 6) is 0.308. The summed E-state index contributed by atoms with van der Waals surface area (Å²) >= 11 is 0. The molecular weight excluding hydrogens is 594 g/mol. The summed E-state index contributed by atoms with van der Waals surface area (Å²) in [6.07, 6.45) is 1.76. The predicted molar refractivity (Wildman–Crippen MR) is 115 cm³/mol. The van der Waals surface area contributed by atoms with E-state index in [1.165, 1.54) is 0 Å². The van der Waals surface area contributed by atoms with Gasteiger partial charge in [0.05, 0.1) is 5.69 Å². The first-order chi connectivity index (χ1) is 13.4. The zero-order chi connectivity index (χ0) is 20.3. The molecule has 0 saturated carbocycles. The minimum absolute atomic E-state index is 0. The molecule has 0 radical (unpaired) electrons. The van der Waals surface area contributed by atoms with E-state index in [9.17, 15) is 4.79 Å². The van der Waals surface area contributed by atoms with Gasteiger partial charge < -0.3 is 35.3 Å². The summed E-state index contributed by atoms with van der Waals surface area (Å²) in [4.78, 5) is 17.0. The van der Waals surface area contributed by atoms with Crippen LogP contribution in [0.15, 0.2) is 66.9 Å². The van der Waals surface area contributed by atoms with Gasteiger partial charge in [-0.3, -0.25) is 4.98 Å². The minimum atomic E-state index is -0.659. The number of pyridine rings is 1. The molecule has 1 amide bonds. The Labute approximate surface area is 216 Å². The van der Waals surface area contributed by atoms with Gasteiger partial charge in [-0.25, -0.2) is 0 Å². The number of hydrogen-bond acceptors (Lipinski definition) is 2. The standard InChI is InChI=1S/C25H27N2O.2ClH.Hf/c1-16(2)20-11-8-12-21(17(3)4)24(20)23(25(26)28)19-10-7-9-18(15-19)22-13-5-6-14-27-22;;;/h5-17H,1-4H3,(H2,26,28);2*1H;/q-1;;;+4/p-3. The average Bonchev–Trinajstić information content (AvgIpc) is 2.68. The summed E-state index contributed by atoms with van der Waals surface area (Å²) < 4.78 is 0. The number of aromatic nitrogens is 1. The zero-order valence-corrected chi connectivity index (χ0v) is 23.2. The van der Waals surface area contributed by atoms with Gasteiger partial charge in [0.15, 0.2) is 0 Å². The van der Waals surface area contributed by atoms with Crippen molar-refractivity contribution in [2.75, 3.05) is 0 Å². The van der Waals surface area contributed by atoms with Crippen molar-refractivity contribution in [1.29, 1.82) is 0 Å². The van der Waals surface area contributed by atoms with Crippen molar-refractivity contribution in [1.82, 2.24) is 4.98 Å². The van der Waals surface area contributed by atoms with Crippen LogP contribution in [0, 0.1) is 5.92 Å².